The highest BCUT2D eigenvalue weighted by Gasteiger charge is 2.25. The van der Waals surface area contributed by atoms with Gasteiger partial charge in [-0.25, -0.2) is 4.89 Å². The maximum absolute atomic E-state index is 11.5. The number of Topliss-reactive ketones (excluding diaryl/α,β-unsaturated/α-hetero) is 1. The Bertz CT molecular complexity index is 279. The third-order valence-corrected chi connectivity index (χ3v) is 2.27. The minimum atomic E-state index is -0.681. The van der Waals surface area contributed by atoms with Crippen LogP contribution in [0.3, 0.4) is 0 Å². The summed E-state index contributed by atoms with van der Waals surface area (Å²) in [6.07, 6.45) is 2.43. The van der Waals surface area contributed by atoms with Gasteiger partial charge >= 0.3 is 0 Å². The summed E-state index contributed by atoms with van der Waals surface area (Å²) in [4.78, 5) is 15.5. The number of carbonyl (C=O) groups excluding carboxylic acids is 1. The van der Waals surface area contributed by atoms with Gasteiger partial charge in [-0.15, -0.1) is 0 Å². The monoisotopic (exact) mass is 202 g/mol. The van der Waals surface area contributed by atoms with E-state index in [0.717, 1.165) is 0 Å². The van der Waals surface area contributed by atoms with E-state index < -0.39 is 6.10 Å². The Morgan fingerprint density at radius 1 is 1.69 bits per heavy atom. The van der Waals surface area contributed by atoms with E-state index in [4.69, 9.17) is 16.9 Å². The molecule has 1 atom stereocenters. The molecule has 1 N–H and O–H groups in total. The number of ketones is 1. The van der Waals surface area contributed by atoms with Crippen molar-refractivity contribution in [1.29, 1.82) is 0 Å². The Balaban J connectivity index is 2.88. The summed E-state index contributed by atoms with van der Waals surface area (Å²) in [6.45, 7) is 3.58. The van der Waals surface area contributed by atoms with Gasteiger partial charge in [0.2, 0.25) is 0 Å². The molecule has 1 unspecified atom stereocenters. The highest BCUT2D eigenvalue weighted by Crippen LogP contribution is 2.27. The van der Waals surface area contributed by atoms with Crippen molar-refractivity contribution in [3.8, 4) is 0 Å². The van der Waals surface area contributed by atoms with Crippen molar-refractivity contribution in [2.75, 3.05) is 0 Å². The number of carbonyl (C=O) groups is 1. The third-order valence-electron chi connectivity index (χ3n) is 1.85. The molecule has 1 aliphatic carbocycles. The maximum atomic E-state index is 11.5. The molecule has 0 saturated heterocycles. The van der Waals surface area contributed by atoms with E-state index in [1.807, 2.05) is 0 Å². The van der Waals surface area contributed by atoms with Crippen LogP contribution in [-0.2, 0) is 9.68 Å². The topological polar surface area (TPSA) is 46.5 Å². The number of allylic oxidation sites excluding steroid dienone is 2. The van der Waals surface area contributed by atoms with E-state index in [9.17, 15) is 4.79 Å². The van der Waals surface area contributed by atoms with Crippen LogP contribution in [0.4, 0.5) is 0 Å². The highest BCUT2D eigenvalue weighted by atomic mass is 35.5. The summed E-state index contributed by atoms with van der Waals surface area (Å²) >= 11 is 5.79. The summed E-state index contributed by atoms with van der Waals surface area (Å²) in [5, 5.41) is 8.64. The van der Waals surface area contributed by atoms with Gasteiger partial charge in [0.15, 0.2) is 5.78 Å². The van der Waals surface area contributed by atoms with Crippen LogP contribution in [0.1, 0.15) is 13.8 Å². The molecule has 0 aromatic rings. The number of hydrogen-bond acceptors (Lipinski definition) is 3. The summed E-state index contributed by atoms with van der Waals surface area (Å²) in [5.41, 5.74) is 0.427. The molecule has 0 aromatic heterocycles. The van der Waals surface area contributed by atoms with E-state index in [1.54, 1.807) is 19.9 Å². The Labute approximate surface area is 81.6 Å². The van der Waals surface area contributed by atoms with Crippen molar-refractivity contribution in [2.24, 2.45) is 5.92 Å². The first kappa shape index (κ1) is 10.4. The predicted octanol–water partition coefficient (Wildman–Crippen LogP) is 2.13. The Morgan fingerprint density at radius 2 is 2.31 bits per heavy atom. The zero-order valence-electron chi connectivity index (χ0n) is 7.45. The van der Waals surface area contributed by atoms with Crippen molar-refractivity contribution in [1.82, 2.24) is 0 Å². The molecular formula is C9H11ClO3. The molecule has 1 aliphatic rings. The van der Waals surface area contributed by atoms with Crippen LogP contribution < -0.4 is 0 Å². The Hall–Kier alpha value is -0.640. The van der Waals surface area contributed by atoms with Crippen molar-refractivity contribution in [3.63, 3.8) is 0 Å². The molecule has 4 heteroatoms. The largest absolute Gasteiger partial charge is 0.294 e. The van der Waals surface area contributed by atoms with Crippen LogP contribution in [0.2, 0.25) is 0 Å². The van der Waals surface area contributed by atoms with Gasteiger partial charge in [0.1, 0.15) is 6.10 Å². The fourth-order valence-electron chi connectivity index (χ4n) is 1.09. The minimum Gasteiger partial charge on any atom is -0.294 e. The summed E-state index contributed by atoms with van der Waals surface area (Å²) in [5.74, 6) is -0.147. The SMILES string of the molecule is CC(C)C(=O)C1=C(Cl)C(OO)C=C1. The Kier molecular flexibility index (Phi) is 3.25. The van der Waals surface area contributed by atoms with E-state index in [-0.39, 0.29) is 16.7 Å². The molecule has 0 bridgehead atoms. The molecule has 3 nitrogen and oxygen atoms in total. The molecule has 72 valence electrons. The van der Waals surface area contributed by atoms with Crippen LogP contribution in [0, 0.1) is 5.92 Å². The molecule has 0 heterocycles. The van der Waals surface area contributed by atoms with E-state index in [1.165, 1.54) is 6.08 Å². The van der Waals surface area contributed by atoms with Crippen LogP contribution in [0.5, 0.6) is 0 Å². The molecule has 0 aromatic carbocycles. The van der Waals surface area contributed by atoms with Crippen LogP contribution in [-0.4, -0.2) is 17.1 Å². The lowest BCUT2D eigenvalue weighted by Gasteiger charge is -2.06. The van der Waals surface area contributed by atoms with Crippen LogP contribution in [0.15, 0.2) is 22.8 Å². The number of rotatable bonds is 3. The fraction of sp³-hybridized carbons (Fsp3) is 0.444. The Morgan fingerprint density at radius 3 is 2.69 bits per heavy atom. The second-order valence-corrected chi connectivity index (χ2v) is 3.57. The first-order valence-electron chi connectivity index (χ1n) is 4.00. The predicted molar refractivity (Wildman–Crippen MR) is 49.4 cm³/mol. The van der Waals surface area contributed by atoms with Gasteiger partial charge in [-0.2, -0.15) is 0 Å². The molecule has 0 spiro atoms. The quantitative estimate of drug-likeness (QED) is 0.563. The van der Waals surface area contributed by atoms with Gasteiger partial charge in [-0.3, -0.25) is 10.1 Å². The smallest absolute Gasteiger partial charge is 0.166 e. The third kappa shape index (κ3) is 1.99. The highest BCUT2D eigenvalue weighted by molar-refractivity contribution is 6.33. The molecule has 0 radical (unpaired) electrons. The maximum Gasteiger partial charge on any atom is 0.166 e. The van der Waals surface area contributed by atoms with Crippen molar-refractivity contribution < 1.29 is 14.9 Å². The normalized spacial score (nSPS) is 21.8. The second kappa shape index (κ2) is 4.05. The molecule has 0 aliphatic heterocycles. The second-order valence-electron chi connectivity index (χ2n) is 3.17. The van der Waals surface area contributed by atoms with E-state index in [2.05, 4.69) is 4.89 Å². The van der Waals surface area contributed by atoms with Gasteiger partial charge in [0.05, 0.1) is 5.03 Å². The van der Waals surface area contributed by atoms with Gasteiger partial charge < -0.3 is 0 Å². The summed E-state index contributed by atoms with van der Waals surface area (Å²) in [7, 11) is 0. The lowest BCUT2D eigenvalue weighted by molar-refractivity contribution is -0.254. The lowest BCUT2D eigenvalue weighted by atomic mass is 10.0. The molecule has 0 amide bonds. The average Bonchev–Trinajstić information content (AvgIpc) is 2.45. The van der Waals surface area contributed by atoms with Gasteiger partial charge in [0.25, 0.3) is 0 Å². The fourth-order valence-corrected chi connectivity index (χ4v) is 1.36. The minimum absolute atomic E-state index is 0.0409. The standard InChI is InChI=1S/C9H11ClO3/c1-5(2)9(11)6-3-4-7(13-12)8(6)10/h3-5,7,12H,1-2H3. The zero-order chi connectivity index (χ0) is 10.0. The van der Waals surface area contributed by atoms with E-state index in [0.29, 0.717) is 5.57 Å². The van der Waals surface area contributed by atoms with Crippen molar-refractivity contribution >= 4 is 17.4 Å². The first-order chi connectivity index (χ1) is 6.07. The number of halogens is 1. The number of hydrogen-bond donors (Lipinski definition) is 1. The summed E-state index contributed by atoms with van der Waals surface area (Å²) < 4.78 is 0. The molecule has 0 saturated carbocycles. The van der Waals surface area contributed by atoms with Gasteiger partial charge in [-0.05, 0) is 6.08 Å². The van der Waals surface area contributed by atoms with Crippen molar-refractivity contribution in [2.45, 2.75) is 20.0 Å². The van der Waals surface area contributed by atoms with Crippen molar-refractivity contribution in [3.05, 3.63) is 22.8 Å². The first-order valence-corrected chi connectivity index (χ1v) is 4.38. The van der Waals surface area contributed by atoms with Crippen LogP contribution in [0.25, 0.3) is 0 Å². The molecule has 1 rings (SSSR count). The van der Waals surface area contributed by atoms with Gasteiger partial charge in [-0.1, -0.05) is 31.5 Å². The van der Waals surface area contributed by atoms with E-state index >= 15 is 0 Å². The van der Waals surface area contributed by atoms with Gasteiger partial charge in [0, 0.05) is 11.5 Å². The zero-order valence-corrected chi connectivity index (χ0v) is 8.21. The average molecular weight is 203 g/mol. The lowest BCUT2D eigenvalue weighted by Crippen LogP contribution is -2.11. The molecular weight excluding hydrogens is 192 g/mol. The molecule has 13 heavy (non-hydrogen) atoms. The van der Waals surface area contributed by atoms with Crippen LogP contribution >= 0.6 is 11.6 Å². The molecule has 0 fully saturated rings. The summed E-state index contributed by atoms with van der Waals surface area (Å²) in [6, 6.07) is 0.